The molecule has 2 rings (SSSR count). The van der Waals surface area contributed by atoms with Crippen LogP contribution in [-0.2, 0) is 0 Å². The van der Waals surface area contributed by atoms with Crippen LogP contribution in [0.2, 0.25) is 0 Å². The van der Waals surface area contributed by atoms with Gasteiger partial charge in [-0.1, -0.05) is 57.8 Å². The Hall–Kier alpha value is -0.0800. The Labute approximate surface area is 107 Å². The van der Waals surface area contributed by atoms with Crippen molar-refractivity contribution in [3.63, 3.8) is 0 Å². The van der Waals surface area contributed by atoms with Crippen molar-refractivity contribution in [3.05, 3.63) is 0 Å². The molecule has 1 saturated heterocycles. The van der Waals surface area contributed by atoms with E-state index in [2.05, 4.69) is 4.90 Å². The van der Waals surface area contributed by atoms with Gasteiger partial charge in [-0.05, 0) is 12.8 Å². The molecule has 0 aromatic heterocycles. The summed E-state index contributed by atoms with van der Waals surface area (Å²) >= 11 is 0. The van der Waals surface area contributed by atoms with Crippen LogP contribution in [0.3, 0.4) is 0 Å². The van der Waals surface area contributed by atoms with E-state index in [9.17, 15) is 0 Å². The standard InChI is InChI=1S/C15H30N2/c16-14-12-17(13-14)15-10-8-6-4-2-1-3-5-7-9-11-15/h14-15H,1-13,16H2. The van der Waals surface area contributed by atoms with Gasteiger partial charge in [0.05, 0.1) is 0 Å². The van der Waals surface area contributed by atoms with Gasteiger partial charge in [0, 0.05) is 25.2 Å². The smallest absolute Gasteiger partial charge is 0.0297 e. The van der Waals surface area contributed by atoms with Gasteiger partial charge in [0.25, 0.3) is 0 Å². The van der Waals surface area contributed by atoms with Crippen LogP contribution in [-0.4, -0.2) is 30.1 Å². The van der Waals surface area contributed by atoms with E-state index in [-0.39, 0.29) is 0 Å². The molecule has 0 radical (unpaired) electrons. The first-order valence-corrected chi connectivity index (χ1v) is 7.86. The van der Waals surface area contributed by atoms with Crippen molar-refractivity contribution in [2.45, 2.75) is 82.7 Å². The van der Waals surface area contributed by atoms with Crippen LogP contribution in [0, 0.1) is 0 Å². The lowest BCUT2D eigenvalue weighted by atomic mass is 9.94. The Kier molecular flexibility index (Phi) is 5.79. The Morgan fingerprint density at radius 3 is 1.47 bits per heavy atom. The molecule has 2 nitrogen and oxygen atoms in total. The average molecular weight is 238 g/mol. The molecular weight excluding hydrogens is 208 g/mol. The molecule has 0 spiro atoms. The first-order valence-electron chi connectivity index (χ1n) is 7.86. The largest absolute Gasteiger partial charge is 0.325 e. The molecule has 0 aromatic rings. The van der Waals surface area contributed by atoms with Crippen LogP contribution in [0.5, 0.6) is 0 Å². The van der Waals surface area contributed by atoms with Gasteiger partial charge >= 0.3 is 0 Å². The lowest BCUT2D eigenvalue weighted by Gasteiger charge is -2.43. The van der Waals surface area contributed by atoms with Gasteiger partial charge in [-0.15, -0.1) is 0 Å². The van der Waals surface area contributed by atoms with Crippen LogP contribution in [0.15, 0.2) is 0 Å². The highest BCUT2D eigenvalue weighted by molar-refractivity contribution is 4.87. The predicted molar refractivity (Wildman–Crippen MR) is 74.1 cm³/mol. The summed E-state index contributed by atoms with van der Waals surface area (Å²) in [6.45, 7) is 2.31. The fourth-order valence-corrected chi connectivity index (χ4v) is 3.35. The molecule has 1 heterocycles. The molecule has 2 aliphatic rings. The zero-order chi connectivity index (χ0) is 11.9. The molecule has 0 aromatic carbocycles. The van der Waals surface area contributed by atoms with Gasteiger partial charge in [-0.25, -0.2) is 0 Å². The topological polar surface area (TPSA) is 29.3 Å². The third kappa shape index (κ3) is 4.59. The van der Waals surface area contributed by atoms with Crippen molar-refractivity contribution in [1.82, 2.24) is 4.90 Å². The van der Waals surface area contributed by atoms with Gasteiger partial charge in [0.15, 0.2) is 0 Å². The molecule has 0 atom stereocenters. The van der Waals surface area contributed by atoms with Crippen LogP contribution in [0.1, 0.15) is 70.6 Å². The second kappa shape index (κ2) is 7.38. The predicted octanol–water partition coefficient (Wildman–Crippen LogP) is 3.30. The summed E-state index contributed by atoms with van der Waals surface area (Å²) in [5, 5.41) is 0. The van der Waals surface area contributed by atoms with Crippen LogP contribution in [0.4, 0.5) is 0 Å². The van der Waals surface area contributed by atoms with E-state index in [0.717, 1.165) is 19.1 Å². The van der Waals surface area contributed by atoms with E-state index in [4.69, 9.17) is 5.73 Å². The maximum Gasteiger partial charge on any atom is 0.0297 e. The number of hydrogen-bond acceptors (Lipinski definition) is 2. The lowest BCUT2D eigenvalue weighted by Crippen LogP contribution is -2.59. The third-order valence-corrected chi connectivity index (χ3v) is 4.53. The van der Waals surface area contributed by atoms with E-state index in [0.29, 0.717) is 6.04 Å². The van der Waals surface area contributed by atoms with Crippen molar-refractivity contribution in [1.29, 1.82) is 0 Å². The minimum atomic E-state index is 0.469. The van der Waals surface area contributed by atoms with E-state index in [1.807, 2.05) is 0 Å². The van der Waals surface area contributed by atoms with Crippen LogP contribution < -0.4 is 5.73 Å². The Morgan fingerprint density at radius 1 is 0.647 bits per heavy atom. The molecule has 100 valence electrons. The minimum Gasteiger partial charge on any atom is -0.325 e. The van der Waals surface area contributed by atoms with Crippen LogP contribution >= 0.6 is 0 Å². The van der Waals surface area contributed by atoms with Crippen molar-refractivity contribution >= 4 is 0 Å². The molecule has 0 amide bonds. The quantitative estimate of drug-likeness (QED) is 0.759. The molecular formula is C15H30N2. The van der Waals surface area contributed by atoms with Gasteiger partial charge in [0.1, 0.15) is 0 Å². The summed E-state index contributed by atoms with van der Waals surface area (Å²) in [4.78, 5) is 2.64. The van der Waals surface area contributed by atoms with Crippen molar-refractivity contribution in [2.24, 2.45) is 5.73 Å². The maximum absolute atomic E-state index is 5.91. The second-order valence-electron chi connectivity index (χ2n) is 6.13. The van der Waals surface area contributed by atoms with Crippen LogP contribution in [0.25, 0.3) is 0 Å². The summed E-state index contributed by atoms with van der Waals surface area (Å²) in [7, 11) is 0. The lowest BCUT2D eigenvalue weighted by molar-refractivity contribution is 0.0798. The van der Waals surface area contributed by atoms with E-state index in [1.165, 1.54) is 70.6 Å². The molecule has 2 heteroatoms. The Bertz CT molecular complexity index is 187. The summed E-state index contributed by atoms with van der Waals surface area (Å²) in [5.41, 5.74) is 5.91. The fraction of sp³-hybridized carbons (Fsp3) is 1.00. The fourth-order valence-electron chi connectivity index (χ4n) is 3.35. The van der Waals surface area contributed by atoms with E-state index < -0.39 is 0 Å². The van der Waals surface area contributed by atoms with Gasteiger partial charge in [-0.2, -0.15) is 0 Å². The Morgan fingerprint density at radius 2 is 1.06 bits per heavy atom. The first kappa shape index (κ1) is 13.4. The van der Waals surface area contributed by atoms with Gasteiger partial charge < -0.3 is 5.73 Å². The third-order valence-electron chi connectivity index (χ3n) is 4.53. The molecule has 17 heavy (non-hydrogen) atoms. The highest BCUT2D eigenvalue weighted by atomic mass is 15.2. The van der Waals surface area contributed by atoms with E-state index in [1.54, 1.807) is 0 Å². The normalized spacial score (nSPS) is 28.1. The number of rotatable bonds is 1. The van der Waals surface area contributed by atoms with Crippen molar-refractivity contribution in [2.75, 3.05) is 13.1 Å². The number of likely N-dealkylation sites (tertiary alicyclic amines) is 1. The summed E-state index contributed by atoms with van der Waals surface area (Å²) in [6, 6.07) is 1.32. The molecule has 1 aliphatic carbocycles. The average Bonchev–Trinajstić information content (AvgIpc) is 2.26. The molecule has 1 saturated carbocycles. The first-order chi connectivity index (χ1) is 8.36. The van der Waals surface area contributed by atoms with E-state index >= 15 is 0 Å². The second-order valence-corrected chi connectivity index (χ2v) is 6.13. The number of hydrogen-bond donors (Lipinski definition) is 1. The molecule has 0 unspecified atom stereocenters. The molecule has 0 bridgehead atoms. The minimum absolute atomic E-state index is 0.469. The van der Waals surface area contributed by atoms with Gasteiger partial charge in [-0.3, -0.25) is 4.90 Å². The maximum atomic E-state index is 5.91. The monoisotopic (exact) mass is 238 g/mol. The highest BCUT2D eigenvalue weighted by Gasteiger charge is 2.28. The Balaban J connectivity index is 1.72. The highest BCUT2D eigenvalue weighted by Crippen LogP contribution is 2.23. The zero-order valence-electron chi connectivity index (χ0n) is 11.4. The molecule has 2 fully saturated rings. The SMILES string of the molecule is NC1CN(C2CCCCCCCCCCC2)C1. The summed E-state index contributed by atoms with van der Waals surface area (Å²) < 4.78 is 0. The zero-order valence-corrected chi connectivity index (χ0v) is 11.4. The molecule has 2 N–H and O–H groups in total. The van der Waals surface area contributed by atoms with Crippen molar-refractivity contribution < 1.29 is 0 Å². The summed E-state index contributed by atoms with van der Waals surface area (Å²) in [5.74, 6) is 0. The number of nitrogens with two attached hydrogens (primary N) is 1. The van der Waals surface area contributed by atoms with Gasteiger partial charge in [0.2, 0.25) is 0 Å². The van der Waals surface area contributed by atoms with Crippen molar-refractivity contribution in [3.8, 4) is 0 Å². The number of nitrogens with zero attached hydrogens (tertiary/aromatic N) is 1. The molecule has 1 aliphatic heterocycles. The summed E-state index contributed by atoms with van der Waals surface area (Å²) in [6.07, 6.45) is 16.0.